The summed E-state index contributed by atoms with van der Waals surface area (Å²) in [5, 5.41) is 3.52. The van der Waals surface area contributed by atoms with Crippen LogP contribution in [0, 0.1) is 6.92 Å². The van der Waals surface area contributed by atoms with Crippen molar-refractivity contribution in [3.05, 3.63) is 58.5 Å². The summed E-state index contributed by atoms with van der Waals surface area (Å²) in [7, 11) is 0. The first-order valence-electron chi connectivity index (χ1n) is 7.60. The van der Waals surface area contributed by atoms with Crippen molar-refractivity contribution in [2.45, 2.75) is 46.6 Å². The lowest BCUT2D eigenvalue weighted by atomic mass is 9.96. The summed E-state index contributed by atoms with van der Waals surface area (Å²) in [5.41, 5.74) is 4.17. The van der Waals surface area contributed by atoms with Gasteiger partial charge in [-0.1, -0.05) is 39.0 Å². The third-order valence-corrected chi connectivity index (χ3v) is 3.78. The van der Waals surface area contributed by atoms with E-state index in [2.05, 4.69) is 50.4 Å². The van der Waals surface area contributed by atoms with Crippen molar-refractivity contribution in [1.29, 1.82) is 0 Å². The normalized spacial score (nSPS) is 12.6. The number of hydrogen-bond acceptors (Lipinski definition) is 2. The monoisotopic (exact) mass is 271 g/mol. The van der Waals surface area contributed by atoms with Crippen LogP contribution in [0.3, 0.4) is 0 Å². The Morgan fingerprint density at radius 3 is 2.30 bits per heavy atom. The van der Waals surface area contributed by atoms with Crippen molar-refractivity contribution in [2.24, 2.45) is 0 Å². The van der Waals surface area contributed by atoms with E-state index >= 15 is 0 Å². The van der Waals surface area contributed by atoms with Gasteiger partial charge in [-0.15, -0.1) is 0 Å². The Labute approximate surface area is 122 Å². The predicted molar refractivity (Wildman–Crippen MR) is 84.2 cm³/mol. The summed E-state index contributed by atoms with van der Waals surface area (Å²) in [4.78, 5) is 0. The lowest BCUT2D eigenvalue weighted by Gasteiger charge is -2.18. The number of aryl methyl sites for hydroxylation is 3. The van der Waals surface area contributed by atoms with Crippen molar-refractivity contribution >= 4 is 0 Å². The van der Waals surface area contributed by atoms with Crippen LogP contribution >= 0.6 is 0 Å². The Morgan fingerprint density at radius 2 is 1.75 bits per heavy atom. The van der Waals surface area contributed by atoms with Gasteiger partial charge in [-0.05, 0) is 55.1 Å². The maximum Gasteiger partial charge on any atom is 0.125 e. The van der Waals surface area contributed by atoms with Crippen molar-refractivity contribution in [2.75, 3.05) is 6.54 Å². The molecule has 1 heterocycles. The lowest BCUT2D eigenvalue weighted by molar-refractivity contribution is 0.435. The van der Waals surface area contributed by atoms with Gasteiger partial charge < -0.3 is 9.73 Å². The van der Waals surface area contributed by atoms with E-state index in [-0.39, 0.29) is 6.04 Å². The number of rotatable bonds is 6. The first-order valence-corrected chi connectivity index (χ1v) is 7.60. The summed E-state index contributed by atoms with van der Waals surface area (Å²) < 4.78 is 5.82. The van der Waals surface area contributed by atoms with Crippen LogP contribution < -0.4 is 5.32 Å². The molecule has 2 nitrogen and oxygen atoms in total. The minimum atomic E-state index is 0.143. The summed E-state index contributed by atoms with van der Waals surface area (Å²) in [6.45, 7) is 9.47. The Balaban J connectivity index is 2.39. The van der Waals surface area contributed by atoms with Crippen LogP contribution in [0.15, 0.2) is 34.7 Å². The number of benzene rings is 1. The van der Waals surface area contributed by atoms with Gasteiger partial charge in [-0.25, -0.2) is 0 Å². The molecule has 0 spiro atoms. The van der Waals surface area contributed by atoms with E-state index in [9.17, 15) is 0 Å². The molecule has 1 N–H and O–H groups in total. The van der Waals surface area contributed by atoms with Gasteiger partial charge >= 0.3 is 0 Å². The van der Waals surface area contributed by atoms with E-state index in [1.54, 1.807) is 0 Å². The molecule has 0 aliphatic carbocycles. The van der Waals surface area contributed by atoms with Gasteiger partial charge in [0.05, 0.1) is 6.04 Å². The predicted octanol–water partition coefficient (Wildman–Crippen LogP) is 4.41. The third-order valence-electron chi connectivity index (χ3n) is 3.78. The molecule has 0 bridgehead atoms. The lowest BCUT2D eigenvalue weighted by Crippen LogP contribution is -2.21. The second kappa shape index (κ2) is 6.76. The zero-order valence-corrected chi connectivity index (χ0v) is 13.0. The van der Waals surface area contributed by atoms with E-state index < -0.39 is 0 Å². The van der Waals surface area contributed by atoms with Crippen LogP contribution in [-0.2, 0) is 12.8 Å². The largest absolute Gasteiger partial charge is 0.464 e. The average Bonchev–Trinajstić information content (AvgIpc) is 2.90. The highest BCUT2D eigenvalue weighted by Crippen LogP contribution is 2.26. The SMILES string of the molecule is CCNC(c1ccc(CC)c(CC)c1)c1ccc(C)o1. The molecule has 0 saturated carbocycles. The first-order chi connectivity index (χ1) is 9.69. The zero-order chi connectivity index (χ0) is 14.5. The van der Waals surface area contributed by atoms with Crippen LogP contribution in [0.4, 0.5) is 0 Å². The summed E-state index contributed by atoms with van der Waals surface area (Å²) in [6.07, 6.45) is 2.17. The van der Waals surface area contributed by atoms with Crippen LogP contribution in [0.5, 0.6) is 0 Å². The molecule has 0 fully saturated rings. The molecular formula is C18H25NO. The van der Waals surface area contributed by atoms with Gasteiger partial charge in [-0.2, -0.15) is 0 Å². The molecule has 0 aliphatic rings. The van der Waals surface area contributed by atoms with Crippen molar-refractivity contribution in [1.82, 2.24) is 5.32 Å². The van der Waals surface area contributed by atoms with Gasteiger partial charge in [0.1, 0.15) is 11.5 Å². The minimum absolute atomic E-state index is 0.143. The van der Waals surface area contributed by atoms with Crippen LogP contribution in [0.1, 0.15) is 55.0 Å². The first kappa shape index (κ1) is 14.9. The number of furan rings is 1. The second-order valence-electron chi connectivity index (χ2n) is 5.17. The van der Waals surface area contributed by atoms with Gasteiger partial charge in [-0.3, -0.25) is 0 Å². The van der Waals surface area contributed by atoms with E-state index in [0.717, 1.165) is 30.9 Å². The van der Waals surface area contributed by atoms with Gasteiger partial charge in [0.25, 0.3) is 0 Å². The average molecular weight is 271 g/mol. The molecular weight excluding hydrogens is 246 g/mol. The Morgan fingerprint density at radius 1 is 1.00 bits per heavy atom. The maximum absolute atomic E-state index is 5.82. The van der Waals surface area contributed by atoms with Crippen LogP contribution in [0.2, 0.25) is 0 Å². The quantitative estimate of drug-likeness (QED) is 0.841. The molecule has 1 aromatic carbocycles. The van der Waals surface area contributed by atoms with Crippen molar-refractivity contribution in [3.8, 4) is 0 Å². The fourth-order valence-corrected chi connectivity index (χ4v) is 2.69. The summed E-state index contributed by atoms with van der Waals surface area (Å²) >= 11 is 0. The van der Waals surface area contributed by atoms with Crippen molar-refractivity contribution < 1.29 is 4.42 Å². The van der Waals surface area contributed by atoms with Gasteiger partial charge in [0.15, 0.2) is 0 Å². The Hall–Kier alpha value is -1.54. The molecule has 2 rings (SSSR count). The van der Waals surface area contributed by atoms with Gasteiger partial charge in [0.2, 0.25) is 0 Å². The zero-order valence-electron chi connectivity index (χ0n) is 13.0. The molecule has 2 heteroatoms. The Bertz CT molecular complexity index is 556. The molecule has 20 heavy (non-hydrogen) atoms. The number of nitrogens with one attached hydrogen (secondary N) is 1. The highest BCUT2D eigenvalue weighted by Gasteiger charge is 2.17. The van der Waals surface area contributed by atoms with E-state index in [1.807, 2.05) is 13.0 Å². The molecule has 1 atom stereocenters. The second-order valence-corrected chi connectivity index (χ2v) is 5.17. The number of hydrogen-bond donors (Lipinski definition) is 1. The molecule has 1 unspecified atom stereocenters. The summed E-state index contributed by atoms with van der Waals surface area (Å²) in [6, 6.07) is 11.1. The fourth-order valence-electron chi connectivity index (χ4n) is 2.69. The highest BCUT2D eigenvalue weighted by atomic mass is 16.3. The minimum Gasteiger partial charge on any atom is -0.464 e. The highest BCUT2D eigenvalue weighted by molar-refractivity contribution is 5.36. The molecule has 0 radical (unpaired) electrons. The van der Waals surface area contributed by atoms with E-state index in [1.165, 1.54) is 16.7 Å². The molecule has 0 amide bonds. The van der Waals surface area contributed by atoms with Crippen LogP contribution in [-0.4, -0.2) is 6.54 Å². The van der Waals surface area contributed by atoms with Gasteiger partial charge in [0, 0.05) is 0 Å². The molecule has 1 aromatic heterocycles. The molecule has 0 aliphatic heterocycles. The topological polar surface area (TPSA) is 25.2 Å². The van der Waals surface area contributed by atoms with E-state index in [4.69, 9.17) is 4.42 Å². The van der Waals surface area contributed by atoms with Crippen molar-refractivity contribution in [3.63, 3.8) is 0 Å². The molecule has 108 valence electrons. The van der Waals surface area contributed by atoms with Crippen LogP contribution in [0.25, 0.3) is 0 Å². The van der Waals surface area contributed by atoms with E-state index in [0.29, 0.717) is 0 Å². The molecule has 0 saturated heterocycles. The maximum atomic E-state index is 5.82. The summed E-state index contributed by atoms with van der Waals surface area (Å²) in [5.74, 6) is 1.96. The fraction of sp³-hybridized carbons (Fsp3) is 0.444. The standard InChI is InChI=1S/C18H25NO/c1-5-14-9-10-16(12-15(14)6-2)18(19-7-3)17-11-8-13(4)20-17/h8-12,18-19H,5-7H2,1-4H3. The Kier molecular flexibility index (Phi) is 5.02. The third kappa shape index (κ3) is 3.13. The molecule has 2 aromatic rings. The smallest absolute Gasteiger partial charge is 0.125 e.